The lowest BCUT2D eigenvalue weighted by Crippen LogP contribution is -2.72. The molecule has 3 fully saturated rings. The van der Waals surface area contributed by atoms with Crippen molar-refractivity contribution in [1.82, 2.24) is 9.80 Å². The van der Waals surface area contributed by atoms with Crippen LogP contribution in [0.15, 0.2) is 12.1 Å². The van der Waals surface area contributed by atoms with Crippen LogP contribution in [-0.4, -0.2) is 67.3 Å². The molecule has 166 valence electrons. The molecule has 0 unspecified atom stereocenters. The summed E-state index contributed by atoms with van der Waals surface area (Å²) in [6, 6.07) is 2.36. The highest BCUT2D eigenvalue weighted by Gasteiger charge is 2.52. The van der Waals surface area contributed by atoms with Crippen LogP contribution in [0.5, 0.6) is 0 Å². The highest BCUT2D eigenvalue weighted by Crippen LogP contribution is 2.44. The van der Waals surface area contributed by atoms with Crippen LogP contribution in [0.3, 0.4) is 0 Å². The molecule has 6 nitrogen and oxygen atoms in total. The molecule has 30 heavy (non-hydrogen) atoms. The summed E-state index contributed by atoms with van der Waals surface area (Å²) in [6.07, 6.45) is 1.74. The van der Waals surface area contributed by atoms with E-state index in [0.29, 0.717) is 19.0 Å². The molecule has 3 aliphatic heterocycles. The molecule has 0 atom stereocenters. The number of likely N-dealkylation sites (tertiary alicyclic amines) is 2. The lowest BCUT2D eigenvalue weighted by molar-refractivity contribution is -0.0372. The Kier molecular flexibility index (Phi) is 5.33. The van der Waals surface area contributed by atoms with Crippen molar-refractivity contribution in [2.45, 2.75) is 39.2 Å². The molecule has 0 radical (unpaired) electrons. The number of carbonyl (C=O) groups excluding carboxylic acids is 1. The van der Waals surface area contributed by atoms with Crippen LogP contribution in [-0.2, 0) is 4.74 Å². The van der Waals surface area contributed by atoms with Crippen molar-refractivity contribution >= 4 is 17.5 Å². The Labute approximate surface area is 176 Å². The summed E-state index contributed by atoms with van der Waals surface area (Å²) < 4.78 is 33.7. The van der Waals surface area contributed by atoms with Crippen molar-refractivity contribution in [3.8, 4) is 0 Å². The smallest absolute Gasteiger partial charge is 0.410 e. The monoisotopic (exact) mass is 422 g/mol. The fourth-order valence-corrected chi connectivity index (χ4v) is 5.03. The Morgan fingerprint density at radius 3 is 2.23 bits per heavy atom. The Morgan fingerprint density at radius 1 is 1.13 bits per heavy atom. The maximum Gasteiger partial charge on any atom is 0.410 e. The van der Waals surface area contributed by atoms with Gasteiger partial charge in [-0.2, -0.15) is 0 Å². The van der Waals surface area contributed by atoms with Crippen molar-refractivity contribution in [2.75, 3.05) is 56.4 Å². The van der Waals surface area contributed by atoms with Gasteiger partial charge in [-0.15, -0.1) is 0 Å². The van der Waals surface area contributed by atoms with E-state index in [1.807, 2.05) is 20.8 Å². The number of hydrogen-bond acceptors (Lipinski definition) is 5. The van der Waals surface area contributed by atoms with E-state index in [1.165, 1.54) is 12.1 Å². The van der Waals surface area contributed by atoms with Gasteiger partial charge >= 0.3 is 6.09 Å². The average molecular weight is 423 g/mol. The third-order valence-electron chi connectivity index (χ3n) is 6.31. The molecule has 3 saturated heterocycles. The van der Waals surface area contributed by atoms with E-state index >= 15 is 0 Å². The van der Waals surface area contributed by atoms with E-state index in [0.717, 1.165) is 45.6 Å². The third kappa shape index (κ3) is 4.33. The zero-order chi connectivity index (χ0) is 21.7. The summed E-state index contributed by atoms with van der Waals surface area (Å²) in [5.74, 6) is -0.602. The first-order valence-electron chi connectivity index (χ1n) is 10.7. The van der Waals surface area contributed by atoms with Gasteiger partial charge in [0.1, 0.15) is 11.3 Å². The predicted octanol–water partition coefficient (Wildman–Crippen LogP) is 3.32. The first kappa shape index (κ1) is 21.2. The fraction of sp³-hybridized carbons (Fsp3) is 0.682. The number of rotatable bonds is 3. The maximum atomic E-state index is 14.1. The van der Waals surface area contributed by atoms with Gasteiger partial charge in [0.15, 0.2) is 11.6 Å². The highest BCUT2D eigenvalue weighted by molar-refractivity contribution is 5.68. The topological polar surface area (TPSA) is 62.0 Å². The minimum Gasteiger partial charge on any atom is -0.444 e. The van der Waals surface area contributed by atoms with E-state index in [4.69, 9.17) is 10.5 Å². The summed E-state index contributed by atoms with van der Waals surface area (Å²) in [5, 5.41) is 0. The van der Waals surface area contributed by atoms with E-state index in [2.05, 4.69) is 4.90 Å². The molecule has 4 rings (SSSR count). The summed E-state index contributed by atoms with van der Waals surface area (Å²) in [4.78, 5) is 18.2. The molecule has 0 bridgehead atoms. The van der Waals surface area contributed by atoms with E-state index in [-0.39, 0.29) is 22.9 Å². The first-order valence-corrected chi connectivity index (χ1v) is 10.7. The zero-order valence-corrected chi connectivity index (χ0v) is 18.1. The molecule has 1 amide bonds. The molecule has 0 saturated carbocycles. The van der Waals surface area contributed by atoms with Gasteiger partial charge in [-0.05, 0) is 51.7 Å². The van der Waals surface area contributed by atoms with E-state index in [1.54, 1.807) is 9.80 Å². The molecule has 0 aliphatic carbocycles. The second-order valence-corrected chi connectivity index (χ2v) is 10.3. The average Bonchev–Trinajstić information content (AvgIpc) is 2.55. The lowest BCUT2D eigenvalue weighted by Gasteiger charge is -2.61. The molecule has 8 heteroatoms. The van der Waals surface area contributed by atoms with Crippen molar-refractivity contribution in [3.63, 3.8) is 0 Å². The second kappa shape index (κ2) is 7.55. The Morgan fingerprint density at radius 2 is 1.70 bits per heavy atom. The number of ether oxygens (including phenoxy) is 1. The number of halogens is 2. The fourth-order valence-electron chi connectivity index (χ4n) is 5.03. The normalized spacial score (nSPS) is 22.0. The van der Waals surface area contributed by atoms with Crippen LogP contribution < -0.4 is 10.6 Å². The quantitative estimate of drug-likeness (QED) is 0.758. The molecule has 1 spiro atoms. The maximum absolute atomic E-state index is 14.1. The summed E-state index contributed by atoms with van der Waals surface area (Å²) in [5.41, 5.74) is 5.34. The number of carbonyl (C=O) groups is 1. The van der Waals surface area contributed by atoms with Crippen molar-refractivity contribution in [2.24, 2.45) is 11.3 Å². The van der Waals surface area contributed by atoms with Gasteiger partial charge in [-0.1, -0.05) is 0 Å². The molecular formula is C22H32F2N4O2. The molecule has 1 aromatic rings. The number of nitrogens with zero attached hydrogens (tertiary/aromatic N) is 3. The molecule has 1 aromatic carbocycles. The summed E-state index contributed by atoms with van der Waals surface area (Å²) in [7, 11) is 0. The van der Waals surface area contributed by atoms with Crippen molar-refractivity contribution in [3.05, 3.63) is 23.8 Å². The van der Waals surface area contributed by atoms with Gasteiger partial charge < -0.3 is 25.2 Å². The van der Waals surface area contributed by atoms with Gasteiger partial charge in [0.2, 0.25) is 0 Å². The standard InChI is InChI=1S/C22H32F2N4O2/c1-21(2,3)30-20(29)27-6-4-15(5-7-27)10-26-11-22(12-26)13-28(14-22)19-17(23)8-16(25)9-18(19)24/h8-9,15H,4-7,10-14,25H2,1-3H3. The highest BCUT2D eigenvalue weighted by atomic mass is 19.1. The molecule has 2 N–H and O–H groups in total. The zero-order valence-electron chi connectivity index (χ0n) is 18.1. The van der Waals surface area contributed by atoms with Crippen LogP contribution in [0.1, 0.15) is 33.6 Å². The van der Waals surface area contributed by atoms with Gasteiger partial charge in [-0.3, -0.25) is 0 Å². The lowest BCUT2D eigenvalue weighted by atomic mass is 9.72. The van der Waals surface area contributed by atoms with Crippen LogP contribution in [0.4, 0.5) is 25.0 Å². The minimum absolute atomic E-state index is 0.0442. The number of benzene rings is 1. The second-order valence-electron chi connectivity index (χ2n) is 10.3. The number of hydrogen-bond donors (Lipinski definition) is 1. The van der Waals surface area contributed by atoms with E-state index < -0.39 is 17.2 Å². The number of piperidine rings is 1. The number of nitrogen functional groups attached to an aromatic ring is 1. The number of amides is 1. The largest absolute Gasteiger partial charge is 0.444 e. The van der Waals surface area contributed by atoms with Crippen LogP contribution >= 0.6 is 0 Å². The van der Waals surface area contributed by atoms with Gasteiger partial charge in [0, 0.05) is 56.9 Å². The van der Waals surface area contributed by atoms with Gasteiger partial charge in [0.05, 0.1) is 0 Å². The van der Waals surface area contributed by atoms with Crippen molar-refractivity contribution < 1.29 is 18.3 Å². The van der Waals surface area contributed by atoms with Crippen LogP contribution in [0.2, 0.25) is 0 Å². The Balaban J connectivity index is 1.20. The molecule has 0 aromatic heterocycles. The predicted molar refractivity (Wildman–Crippen MR) is 112 cm³/mol. The SMILES string of the molecule is CC(C)(C)OC(=O)N1CCC(CN2CC3(C2)CN(c2c(F)cc(N)cc2F)C3)CC1. The Hall–Kier alpha value is -2.09. The van der Waals surface area contributed by atoms with E-state index in [9.17, 15) is 13.6 Å². The molecule has 3 heterocycles. The Bertz CT molecular complexity index is 781. The van der Waals surface area contributed by atoms with Crippen LogP contribution in [0.25, 0.3) is 0 Å². The first-order chi connectivity index (χ1) is 14.0. The van der Waals surface area contributed by atoms with Crippen molar-refractivity contribution in [1.29, 1.82) is 0 Å². The number of nitrogens with two attached hydrogens (primary N) is 1. The molecule has 3 aliphatic rings. The van der Waals surface area contributed by atoms with Gasteiger partial charge in [0.25, 0.3) is 0 Å². The molecular weight excluding hydrogens is 390 g/mol. The third-order valence-corrected chi connectivity index (χ3v) is 6.31. The van der Waals surface area contributed by atoms with Crippen LogP contribution in [0, 0.1) is 23.0 Å². The summed E-state index contributed by atoms with van der Waals surface area (Å²) >= 11 is 0. The minimum atomic E-state index is -0.588. The van der Waals surface area contributed by atoms with Gasteiger partial charge in [-0.25, -0.2) is 13.6 Å². The number of anilines is 2. The summed E-state index contributed by atoms with van der Waals surface area (Å²) in [6.45, 7) is 11.4.